The van der Waals surface area contributed by atoms with Gasteiger partial charge >= 0.3 is 0 Å². The van der Waals surface area contributed by atoms with Gasteiger partial charge in [0.25, 0.3) is 0 Å². The van der Waals surface area contributed by atoms with Gasteiger partial charge in [0, 0.05) is 59.6 Å². The van der Waals surface area contributed by atoms with Gasteiger partial charge < -0.3 is 10.2 Å². The minimum atomic E-state index is -0.117. The van der Waals surface area contributed by atoms with Crippen molar-refractivity contribution in [2.24, 2.45) is 0 Å². The van der Waals surface area contributed by atoms with Crippen LogP contribution in [0.2, 0.25) is 0 Å². The molecule has 4 aliphatic carbocycles. The molecule has 0 fully saturated rings. The lowest BCUT2D eigenvalue weighted by Crippen LogP contribution is -2.43. The van der Waals surface area contributed by atoms with Crippen LogP contribution in [-0.4, -0.2) is 7.28 Å². The highest BCUT2D eigenvalue weighted by atomic mass is 32.1. The molecule has 0 unspecified atom stereocenters. The van der Waals surface area contributed by atoms with E-state index in [2.05, 4.69) is 223 Å². The van der Waals surface area contributed by atoms with E-state index in [4.69, 9.17) is 0 Å². The molecule has 8 aromatic rings. The SMILES string of the molecule is Cc1cc2c(cc1N1c3ccc4c(c3Bc3c1cc1c(sc5ccccc51)c3-c1cc3c(cc1Nc1ccc5c(c1)C(C)(C)CCC5(C)C)C(C)(C)CCC3(C)C)-c1ccccc1C4(C)C)C(C)(C)CCC2(C)C. The number of benzene rings is 7. The molecule has 1 aliphatic heterocycles. The van der Waals surface area contributed by atoms with Gasteiger partial charge in [0.1, 0.15) is 0 Å². The molecule has 5 aliphatic rings. The van der Waals surface area contributed by atoms with Gasteiger partial charge in [-0.15, -0.1) is 11.3 Å². The van der Waals surface area contributed by atoms with Gasteiger partial charge in [0.2, 0.25) is 0 Å². The Morgan fingerprint density at radius 3 is 1.65 bits per heavy atom. The van der Waals surface area contributed by atoms with Crippen LogP contribution >= 0.6 is 11.3 Å². The zero-order valence-electron chi connectivity index (χ0n) is 47.2. The minimum Gasteiger partial charge on any atom is -0.355 e. The van der Waals surface area contributed by atoms with E-state index >= 15 is 0 Å². The molecule has 0 bridgehead atoms. The summed E-state index contributed by atoms with van der Waals surface area (Å²) in [5.74, 6) is 0. The molecule has 74 heavy (non-hydrogen) atoms. The number of thiophene rings is 1. The minimum absolute atomic E-state index is 0.0171. The molecule has 7 aromatic carbocycles. The molecule has 1 aromatic heterocycles. The van der Waals surface area contributed by atoms with Gasteiger partial charge in [-0.05, 0) is 204 Å². The van der Waals surface area contributed by atoms with Crippen LogP contribution in [0.1, 0.15) is 186 Å². The normalized spacial score (nSPS) is 20.3. The summed E-state index contributed by atoms with van der Waals surface area (Å²) >= 11 is 1.99. The van der Waals surface area contributed by atoms with Crippen molar-refractivity contribution in [3.05, 3.63) is 159 Å². The largest absolute Gasteiger partial charge is 0.355 e. The third kappa shape index (κ3) is 6.87. The van der Waals surface area contributed by atoms with Crippen LogP contribution in [0.25, 0.3) is 42.4 Å². The van der Waals surface area contributed by atoms with Crippen LogP contribution in [-0.2, 0) is 37.9 Å². The van der Waals surface area contributed by atoms with Gasteiger partial charge in [-0.2, -0.15) is 0 Å². The van der Waals surface area contributed by atoms with Crippen molar-refractivity contribution in [1.82, 2.24) is 0 Å². The van der Waals surface area contributed by atoms with Gasteiger partial charge in [0.05, 0.1) is 0 Å². The Labute approximate surface area is 447 Å². The van der Waals surface area contributed by atoms with E-state index in [9.17, 15) is 0 Å². The Morgan fingerprint density at radius 1 is 0.432 bits per heavy atom. The average molecular weight is 989 g/mol. The molecular weight excluding hydrogens is 912 g/mol. The predicted molar refractivity (Wildman–Crippen MR) is 324 cm³/mol. The summed E-state index contributed by atoms with van der Waals surface area (Å²) in [6.07, 6.45) is 7.09. The first-order valence-corrected chi connectivity index (χ1v) is 28.9. The molecule has 0 saturated carbocycles. The predicted octanol–water partition coefficient (Wildman–Crippen LogP) is 18.3. The first-order valence-electron chi connectivity index (χ1n) is 28.1. The molecule has 0 saturated heterocycles. The molecule has 0 radical (unpaired) electrons. The van der Waals surface area contributed by atoms with Gasteiger partial charge in [-0.1, -0.05) is 158 Å². The van der Waals surface area contributed by atoms with Gasteiger partial charge in [-0.25, -0.2) is 0 Å². The number of aryl methyl sites for hydroxylation is 1. The molecule has 0 spiro atoms. The molecule has 4 heteroatoms. The van der Waals surface area contributed by atoms with E-state index in [1.54, 1.807) is 0 Å². The van der Waals surface area contributed by atoms with E-state index in [1.165, 1.54) is 158 Å². The van der Waals surface area contributed by atoms with Gasteiger partial charge in [0.15, 0.2) is 7.28 Å². The zero-order chi connectivity index (χ0) is 52.0. The highest BCUT2D eigenvalue weighted by Gasteiger charge is 2.44. The van der Waals surface area contributed by atoms with Crippen molar-refractivity contribution in [3.63, 3.8) is 0 Å². The lowest BCUT2D eigenvalue weighted by Gasteiger charge is -2.44. The Kier molecular flexibility index (Phi) is 10.1. The topological polar surface area (TPSA) is 15.3 Å². The Hall–Kier alpha value is -5.58. The first-order chi connectivity index (χ1) is 34.8. The highest BCUT2D eigenvalue weighted by Crippen LogP contribution is 2.56. The maximum Gasteiger partial charge on any atom is 0.199 e. The summed E-state index contributed by atoms with van der Waals surface area (Å²) in [6.45, 7) is 37.0. The Bertz CT molecular complexity index is 3740. The van der Waals surface area contributed by atoms with Crippen molar-refractivity contribution in [1.29, 1.82) is 0 Å². The van der Waals surface area contributed by atoms with E-state index in [0.717, 1.165) is 20.1 Å². The fraction of sp³-hybridized carbons (Fsp3) is 0.400. The van der Waals surface area contributed by atoms with E-state index < -0.39 is 0 Å². The number of fused-ring (bicyclic) bond motifs is 12. The smallest absolute Gasteiger partial charge is 0.199 e. The number of rotatable bonds is 4. The van der Waals surface area contributed by atoms with E-state index in [-0.39, 0.29) is 37.9 Å². The number of nitrogens with one attached hydrogen (secondary N) is 1. The zero-order valence-corrected chi connectivity index (χ0v) is 48.0. The summed E-state index contributed by atoms with van der Waals surface area (Å²) in [7, 11) is 0.838. The third-order valence-electron chi connectivity index (χ3n) is 20.2. The quantitative estimate of drug-likeness (QED) is 0.177. The van der Waals surface area contributed by atoms with Crippen molar-refractivity contribution < 1.29 is 0 Å². The maximum atomic E-state index is 4.29. The molecule has 13 rings (SSSR count). The third-order valence-corrected chi connectivity index (χ3v) is 21.4. The highest BCUT2D eigenvalue weighted by molar-refractivity contribution is 7.26. The second kappa shape index (κ2) is 15.5. The molecule has 0 atom stereocenters. The second-order valence-electron chi connectivity index (χ2n) is 28.2. The van der Waals surface area contributed by atoms with Gasteiger partial charge in [-0.3, -0.25) is 0 Å². The summed E-state index contributed by atoms with van der Waals surface area (Å²) in [6, 6.07) is 44.0. The number of hydrogen-bond acceptors (Lipinski definition) is 3. The number of nitrogens with zero attached hydrogens (tertiary/aromatic N) is 1. The number of anilines is 5. The molecule has 0 amide bonds. The number of hydrogen-bond donors (Lipinski definition) is 1. The fourth-order valence-electron chi connectivity index (χ4n) is 15.1. The van der Waals surface area contributed by atoms with Crippen LogP contribution < -0.4 is 21.1 Å². The van der Waals surface area contributed by atoms with Crippen LogP contribution in [0.3, 0.4) is 0 Å². The van der Waals surface area contributed by atoms with Crippen LogP contribution in [0.4, 0.5) is 28.4 Å². The average Bonchev–Trinajstić information content (AvgIpc) is 3.86. The van der Waals surface area contributed by atoms with Crippen molar-refractivity contribution >= 4 is 78.2 Å². The second-order valence-corrected chi connectivity index (χ2v) is 29.3. The molecule has 2 heterocycles. The van der Waals surface area contributed by atoms with Crippen molar-refractivity contribution in [2.75, 3.05) is 10.2 Å². The summed E-state index contributed by atoms with van der Waals surface area (Å²) < 4.78 is 2.73. The van der Waals surface area contributed by atoms with E-state index in [1.807, 2.05) is 11.3 Å². The Morgan fingerprint density at radius 2 is 0.973 bits per heavy atom. The standard InChI is InChI=1S/C70H77BN2S/c1-40-34-49-53(69(12,13)33-30-65(49,4)5)39-56(40)73-55-27-26-48-59(43-21-16-18-22-46(43)70(48,14)15)61(55)71-62-57(73)37-44-42-20-17-19-23-58(42)74-63(44)60(62)45-36-51-52(68(10,11)32-31-67(51,8)9)38-54(45)72-41-24-25-47-50(35-41)66(6,7)29-28-64(47,2)3/h16-27,34-39,71-72H,28-33H2,1-15H3. The van der Waals surface area contributed by atoms with Crippen LogP contribution in [0.15, 0.2) is 109 Å². The summed E-state index contributed by atoms with van der Waals surface area (Å²) in [5.41, 5.74) is 28.3. The molecule has 2 nitrogen and oxygen atoms in total. The van der Waals surface area contributed by atoms with Crippen molar-refractivity contribution in [2.45, 2.75) is 180 Å². The molecular formula is C70H77BN2S. The summed E-state index contributed by atoms with van der Waals surface area (Å²) in [4.78, 5) is 2.75. The van der Waals surface area contributed by atoms with Crippen molar-refractivity contribution in [3.8, 4) is 22.3 Å². The maximum absolute atomic E-state index is 4.29. The fourth-order valence-corrected chi connectivity index (χ4v) is 16.3. The first kappa shape index (κ1) is 48.1. The van der Waals surface area contributed by atoms with Crippen LogP contribution in [0.5, 0.6) is 0 Å². The summed E-state index contributed by atoms with van der Waals surface area (Å²) in [5, 5.41) is 6.97. The van der Waals surface area contributed by atoms with E-state index in [0.29, 0.717) is 0 Å². The lowest BCUT2D eigenvalue weighted by molar-refractivity contribution is 0.332. The molecule has 376 valence electrons. The monoisotopic (exact) mass is 989 g/mol. The lowest BCUT2D eigenvalue weighted by atomic mass is 9.55. The van der Waals surface area contributed by atoms with Crippen LogP contribution in [0, 0.1) is 6.92 Å². The Balaban J connectivity index is 1.16. The molecule has 1 N–H and O–H groups in total.